The van der Waals surface area contributed by atoms with Crippen molar-refractivity contribution < 1.29 is 4.79 Å². The first-order valence-corrected chi connectivity index (χ1v) is 7.20. The Morgan fingerprint density at radius 3 is 2.25 bits per heavy atom. The van der Waals surface area contributed by atoms with E-state index in [0.29, 0.717) is 13.0 Å². The van der Waals surface area contributed by atoms with Gasteiger partial charge in [0.15, 0.2) is 0 Å². The zero-order valence-electron chi connectivity index (χ0n) is 11.6. The highest BCUT2D eigenvalue weighted by atomic mass is 32.1. The minimum atomic E-state index is 0.0758. The standard InChI is InChI=1S/C9H12N2O.C7H8S/c1-2-9(12)11-7-8-3-5-10-6-4-8;8-6-7-4-2-1-3-5-7/h3-6H,2,7H2,1H3,(H,11,12);1-5,8H,6H2. The third-order valence-corrected chi connectivity index (χ3v) is 2.95. The van der Waals surface area contributed by atoms with Gasteiger partial charge < -0.3 is 5.32 Å². The van der Waals surface area contributed by atoms with Crippen LogP contribution in [0.1, 0.15) is 24.5 Å². The topological polar surface area (TPSA) is 42.0 Å². The zero-order chi connectivity index (χ0) is 14.6. The summed E-state index contributed by atoms with van der Waals surface area (Å²) in [4.78, 5) is 14.7. The molecule has 106 valence electrons. The molecule has 0 spiro atoms. The Kier molecular flexibility index (Phi) is 8.15. The highest BCUT2D eigenvalue weighted by Gasteiger charge is 1.95. The van der Waals surface area contributed by atoms with Crippen molar-refractivity contribution in [2.75, 3.05) is 0 Å². The van der Waals surface area contributed by atoms with Gasteiger partial charge in [-0.2, -0.15) is 12.6 Å². The molecule has 2 rings (SSSR count). The Morgan fingerprint density at radius 2 is 1.75 bits per heavy atom. The molecule has 2 aromatic rings. The molecule has 1 N–H and O–H groups in total. The molecule has 3 nitrogen and oxygen atoms in total. The summed E-state index contributed by atoms with van der Waals surface area (Å²) < 4.78 is 0. The van der Waals surface area contributed by atoms with E-state index in [1.165, 1.54) is 5.56 Å². The number of rotatable bonds is 4. The predicted molar refractivity (Wildman–Crippen MR) is 85.5 cm³/mol. The molecule has 0 radical (unpaired) electrons. The molecule has 1 aromatic heterocycles. The first-order chi connectivity index (χ1) is 9.76. The Hall–Kier alpha value is -1.81. The maximum Gasteiger partial charge on any atom is 0.219 e. The van der Waals surface area contributed by atoms with Crippen LogP contribution in [0.2, 0.25) is 0 Å². The van der Waals surface area contributed by atoms with Gasteiger partial charge in [-0.15, -0.1) is 0 Å². The van der Waals surface area contributed by atoms with Crippen molar-refractivity contribution in [2.45, 2.75) is 25.6 Å². The van der Waals surface area contributed by atoms with Gasteiger partial charge in [0.05, 0.1) is 0 Å². The lowest BCUT2D eigenvalue weighted by Gasteiger charge is -2.01. The molecule has 1 aromatic carbocycles. The number of carbonyl (C=O) groups excluding carboxylic acids is 1. The van der Waals surface area contributed by atoms with Crippen molar-refractivity contribution in [3.63, 3.8) is 0 Å². The van der Waals surface area contributed by atoms with Gasteiger partial charge in [0.2, 0.25) is 5.91 Å². The molecule has 20 heavy (non-hydrogen) atoms. The second kappa shape index (κ2) is 10.0. The summed E-state index contributed by atoms with van der Waals surface area (Å²) in [7, 11) is 0. The molecule has 0 fully saturated rings. The molecule has 1 amide bonds. The van der Waals surface area contributed by atoms with Gasteiger partial charge in [-0.05, 0) is 23.3 Å². The third kappa shape index (κ3) is 6.95. The molecule has 0 bridgehead atoms. The van der Waals surface area contributed by atoms with E-state index >= 15 is 0 Å². The first-order valence-electron chi connectivity index (χ1n) is 6.56. The van der Waals surface area contributed by atoms with Gasteiger partial charge in [-0.3, -0.25) is 9.78 Å². The molecular weight excluding hydrogens is 268 g/mol. The van der Waals surface area contributed by atoms with Crippen LogP contribution in [0, 0.1) is 0 Å². The van der Waals surface area contributed by atoms with Gasteiger partial charge in [-0.1, -0.05) is 37.3 Å². The van der Waals surface area contributed by atoms with E-state index in [1.807, 2.05) is 37.3 Å². The van der Waals surface area contributed by atoms with Crippen molar-refractivity contribution in [2.24, 2.45) is 0 Å². The van der Waals surface area contributed by atoms with Crippen molar-refractivity contribution in [1.82, 2.24) is 10.3 Å². The molecule has 0 aliphatic rings. The van der Waals surface area contributed by atoms with Crippen LogP contribution in [-0.4, -0.2) is 10.9 Å². The van der Waals surface area contributed by atoms with E-state index in [0.717, 1.165) is 11.3 Å². The third-order valence-electron chi connectivity index (χ3n) is 2.59. The number of amides is 1. The molecule has 0 aliphatic heterocycles. The van der Waals surface area contributed by atoms with Crippen molar-refractivity contribution in [3.8, 4) is 0 Å². The maximum absolute atomic E-state index is 10.9. The average molecular weight is 288 g/mol. The van der Waals surface area contributed by atoms with E-state index in [2.05, 4.69) is 35.1 Å². The highest BCUT2D eigenvalue weighted by molar-refractivity contribution is 7.79. The van der Waals surface area contributed by atoms with Crippen LogP contribution in [0.4, 0.5) is 0 Å². The smallest absolute Gasteiger partial charge is 0.219 e. The van der Waals surface area contributed by atoms with E-state index in [9.17, 15) is 4.79 Å². The molecule has 0 aliphatic carbocycles. The zero-order valence-corrected chi connectivity index (χ0v) is 12.5. The lowest BCUT2D eigenvalue weighted by molar-refractivity contribution is -0.120. The van der Waals surface area contributed by atoms with Crippen LogP contribution in [0.15, 0.2) is 54.9 Å². The molecular formula is C16H20N2OS. The van der Waals surface area contributed by atoms with Crippen molar-refractivity contribution in [3.05, 3.63) is 66.0 Å². The Labute approximate surface area is 125 Å². The average Bonchev–Trinajstić information content (AvgIpc) is 2.55. The van der Waals surface area contributed by atoms with Crippen molar-refractivity contribution in [1.29, 1.82) is 0 Å². The van der Waals surface area contributed by atoms with Crippen LogP contribution < -0.4 is 5.32 Å². The fourth-order valence-electron chi connectivity index (χ4n) is 1.41. The van der Waals surface area contributed by atoms with E-state index in [1.54, 1.807) is 12.4 Å². The second-order valence-electron chi connectivity index (χ2n) is 4.13. The van der Waals surface area contributed by atoms with Crippen LogP contribution >= 0.6 is 12.6 Å². The lowest BCUT2D eigenvalue weighted by Crippen LogP contribution is -2.21. The summed E-state index contributed by atoms with van der Waals surface area (Å²) in [6, 6.07) is 13.9. The monoisotopic (exact) mass is 288 g/mol. The van der Waals surface area contributed by atoms with E-state index < -0.39 is 0 Å². The molecule has 0 atom stereocenters. The fraction of sp³-hybridized carbons (Fsp3) is 0.250. The molecule has 0 saturated carbocycles. The quantitative estimate of drug-likeness (QED) is 0.848. The number of nitrogens with one attached hydrogen (secondary N) is 1. The molecule has 0 saturated heterocycles. The fourth-order valence-corrected chi connectivity index (χ4v) is 1.62. The molecule has 4 heteroatoms. The number of nitrogens with zero attached hydrogens (tertiary/aromatic N) is 1. The number of carbonyl (C=O) groups is 1. The van der Waals surface area contributed by atoms with Crippen molar-refractivity contribution >= 4 is 18.5 Å². The number of pyridine rings is 1. The number of thiol groups is 1. The first kappa shape index (κ1) is 16.2. The number of hydrogen-bond donors (Lipinski definition) is 2. The predicted octanol–water partition coefficient (Wildman–Crippen LogP) is 3.22. The van der Waals surface area contributed by atoms with Gasteiger partial charge in [0.25, 0.3) is 0 Å². The van der Waals surface area contributed by atoms with Gasteiger partial charge in [-0.25, -0.2) is 0 Å². The SMILES string of the molecule is CCC(=O)NCc1ccncc1.SCc1ccccc1. The Balaban J connectivity index is 0.000000217. The normalized spacial score (nSPS) is 9.30. The minimum absolute atomic E-state index is 0.0758. The largest absolute Gasteiger partial charge is 0.352 e. The Bertz CT molecular complexity index is 488. The van der Waals surface area contributed by atoms with E-state index in [4.69, 9.17) is 0 Å². The Morgan fingerprint density at radius 1 is 1.10 bits per heavy atom. The van der Waals surface area contributed by atoms with Gasteiger partial charge in [0.1, 0.15) is 0 Å². The summed E-state index contributed by atoms with van der Waals surface area (Å²) in [6.45, 7) is 2.43. The molecule has 1 heterocycles. The maximum atomic E-state index is 10.9. The van der Waals surface area contributed by atoms with E-state index in [-0.39, 0.29) is 5.91 Å². The van der Waals surface area contributed by atoms with Gasteiger partial charge in [0, 0.05) is 31.1 Å². The number of hydrogen-bond acceptors (Lipinski definition) is 3. The lowest BCUT2D eigenvalue weighted by atomic mass is 10.2. The summed E-state index contributed by atoms with van der Waals surface area (Å²) in [5, 5.41) is 2.78. The van der Waals surface area contributed by atoms with Crippen LogP contribution in [0.3, 0.4) is 0 Å². The highest BCUT2D eigenvalue weighted by Crippen LogP contribution is 2.00. The minimum Gasteiger partial charge on any atom is -0.352 e. The summed E-state index contributed by atoms with van der Waals surface area (Å²) in [6.07, 6.45) is 3.96. The number of benzene rings is 1. The van der Waals surface area contributed by atoms with Crippen LogP contribution in [-0.2, 0) is 17.1 Å². The number of aromatic nitrogens is 1. The van der Waals surface area contributed by atoms with Crippen LogP contribution in [0.25, 0.3) is 0 Å². The summed E-state index contributed by atoms with van der Waals surface area (Å²) in [5.41, 5.74) is 2.35. The second-order valence-corrected chi connectivity index (χ2v) is 4.45. The summed E-state index contributed by atoms with van der Waals surface area (Å²) >= 11 is 4.11. The summed E-state index contributed by atoms with van der Waals surface area (Å²) in [5.74, 6) is 0.910. The van der Waals surface area contributed by atoms with Crippen LogP contribution in [0.5, 0.6) is 0 Å². The van der Waals surface area contributed by atoms with Gasteiger partial charge >= 0.3 is 0 Å². The molecule has 0 unspecified atom stereocenters.